The number of aryl methyl sites for hydroxylation is 1. The molecule has 130 valence electrons. The summed E-state index contributed by atoms with van der Waals surface area (Å²) in [4.78, 5) is 5.78. The lowest BCUT2D eigenvalue weighted by molar-refractivity contribution is 0.626. The molecule has 0 N–H and O–H groups in total. The first-order chi connectivity index (χ1) is 12.6. The van der Waals surface area contributed by atoms with Crippen molar-refractivity contribution >= 4 is 39.1 Å². The molecule has 3 aromatic carbocycles. The van der Waals surface area contributed by atoms with Crippen molar-refractivity contribution in [2.75, 3.05) is 0 Å². The maximum absolute atomic E-state index is 13.0. The van der Waals surface area contributed by atoms with Crippen LogP contribution in [0.1, 0.15) is 11.1 Å². The predicted octanol–water partition coefficient (Wildman–Crippen LogP) is 7.32. The average molecular weight is 426 g/mol. The molecule has 0 amide bonds. The van der Waals surface area contributed by atoms with Crippen molar-refractivity contribution < 1.29 is 4.39 Å². The Hall–Kier alpha value is -2.17. The number of hydrogen-bond donors (Lipinski definition) is 0. The van der Waals surface area contributed by atoms with Crippen LogP contribution in [0.5, 0.6) is 0 Å². The van der Waals surface area contributed by atoms with E-state index in [4.69, 9.17) is 4.99 Å². The van der Waals surface area contributed by atoms with Crippen LogP contribution in [0, 0.1) is 12.7 Å². The Morgan fingerprint density at radius 2 is 1.65 bits per heavy atom. The third-order valence-corrected chi connectivity index (χ3v) is 5.19. The number of hydrogen-bond acceptors (Lipinski definition) is 2. The molecule has 1 nitrogen and oxygen atoms in total. The third-order valence-electron chi connectivity index (χ3n) is 3.68. The zero-order chi connectivity index (χ0) is 18.4. The molecule has 0 atom stereocenters. The summed E-state index contributed by atoms with van der Waals surface area (Å²) in [5, 5.41) is 1.97. The lowest BCUT2D eigenvalue weighted by Gasteiger charge is -2.06. The molecule has 0 unspecified atom stereocenters. The molecule has 3 aromatic rings. The van der Waals surface area contributed by atoms with E-state index < -0.39 is 0 Å². The lowest BCUT2D eigenvalue weighted by Crippen LogP contribution is -1.97. The molecule has 0 bridgehead atoms. The number of halogens is 2. The number of nitrogens with zero attached hydrogens (tertiary/aromatic N) is 1. The quantitative estimate of drug-likeness (QED) is 0.308. The molecule has 4 heteroatoms. The predicted molar refractivity (Wildman–Crippen MR) is 113 cm³/mol. The van der Waals surface area contributed by atoms with Gasteiger partial charge in [-0.1, -0.05) is 63.6 Å². The molecule has 3 rings (SSSR count). The van der Waals surface area contributed by atoms with Crippen LogP contribution >= 0.6 is 27.7 Å². The number of aliphatic imine (C=N–C) groups is 1. The molecule has 0 saturated carbocycles. The second kappa shape index (κ2) is 8.97. The maximum Gasteiger partial charge on any atom is 0.123 e. The third kappa shape index (κ3) is 5.16. The summed E-state index contributed by atoms with van der Waals surface area (Å²) in [5.41, 5.74) is 3.98. The molecule has 0 spiro atoms. The minimum atomic E-state index is -0.229. The highest BCUT2D eigenvalue weighted by molar-refractivity contribution is 9.10. The van der Waals surface area contributed by atoms with Crippen LogP contribution in [0.2, 0.25) is 0 Å². The van der Waals surface area contributed by atoms with Gasteiger partial charge in [-0.3, -0.25) is 0 Å². The Kier molecular flexibility index (Phi) is 6.42. The van der Waals surface area contributed by atoms with Gasteiger partial charge >= 0.3 is 0 Å². The van der Waals surface area contributed by atoms with Crippen LogP contribution in [0.3, 0.4) is 0 Å². The lowest BCUT2D eigenvalue weighted by atomic mass is 10.1. The van der Waals surface area contributed by atoms with Gasteiger partial charge in [0, 0.05) is 14.9 Å². The zero-order valence-electron chi connectivity index (χ0n) is 14.2. The second-order valence-corrected chi connectivity index (χ2v) is 7.52. The molecular formula is C22H17BrFNS. The number of rotatable bonds is 5. The molecule has 0 saturated heterocycles. The minimum Gasteiger partial charge on any atom is -0.248 e. The summed E-state index contributed by atoms with van der Waals surface area (Å²) in [5.74, 6) is -0.229. The van der Waals surface area contributed by atoms with Crippen molar-refractivity contribution in [2.45, 2.75) is 11.8 Å². The summed E-state index contributed by atoms with van der Waals surface area (Å²) >= 11 is 5.13. The van der Waals surface area contributed by atoms with Crippen LogP contribution in [-0.2, 0) is 0 Å². The SMILES string of the molecule is Cc1ccc(/N=C(/C=C/Sc2ccc(F)cc2)c2ccccc2Br)cc1. The fourth-order valence-electron chi connectivity index (χ4n) is 2.30. The van der Waals surface area contributed by atoms with Crippen LogP contribution in [0.4, 0.5) is 10.1 Å². The molecule has 26 heavy (non-hydrogen) atoms. The van der Waals surface area contributed by atoms with Gasteiger partial charge in [-0.05, 0) is 60.9 Å². The van der Waals surface area contributed by atoms with Crippen LogP contribution in [0.25, 0.3) is 0 Å². The first kappa shape index (κ1) is 18.6. The molecule has 0 aliphatic carbocycles. The molecule has 0 fully saturated rings. The van der Waals surface area contributed by atoms with E-state index >= 15 is 0 Å². The number of benzene rings is 3. The van der Waals surface area contributed by atoms with Crippen LogP contribution in [-0.4, -0.2) is 5.71 Å². The van der Waals surface area contributed by atoms with Gasteiger partial charge in [0.15, 0.2) is 0 Å². The van der Waals surface area contributed by atoms with E-state index in [1.54, 1.807) is 12.1 Å². The Bertz CT molecular complexity index is 931. The summed E-state index contributed by atoms with van der Waals surface area (Å²) in [6.45, 7) is 2.06. The first-order valence-corrected chi connectivity index (χ1v) is 9.78. The molecule has 0 heterocycles. The minimum absolute atomic E-state index is 0.229. The van der Waals surface area contributed by atoms with Gasteiger partial charge in [0.25, 0.3) is 0 Å². The smallest absolute Gasteiger partial charge is 0.123 e. The van der Waals surface area contributed by atoms with Crippen molar-refractivity contribution in [3.05, 3.63) is 106 Å². The Morgan fingerprint density at radius 3 is 2.35 bits per heavy atom. The van der Waals surface area contributed by atoms with E-state index in [2.05, 4.69) is 22.9 Å². The van der Waals surface area contributed by atoms with Gasteiger partial charge < -0.3 is 0 Å². The highest BCUT2D eigenvalue weighted by atomic mass is 79.9. The molecule has 0 aliphatic heterocycles. The van der Waals surface area contributed by atoms with Gasteiger partial charge in [-0.15, -0.1) is 0 Å². The maximum atomic E-state index is 13.0. The Morgan fingerprint density at radius 1 is 0.962 bits per heavy atom. The van der Waals surface area contributed by atoms with E-state index in [-0.39, 0.29) is 5.82 Å². The van der Waals surface area contributed by atoms with E-state index in [1.165, 1.54) is 29.5 Å². The van der Waals surface area contributed by atoms with Gasteiger partial charge in [0.2, 0.25) is 0 Å². The van der Waals surface area contributed by atoms with Gasteiger partial charge in [0.1, 0.15) is 5.82 Å². The zero-order valence-corrected chi connectivity index (χ0v) is 16.6. The molecule has 0 aromatic heterocycles. The normalized spacial score (nSPS) is 11.9. The monoisotopic (exact) mass is 425 g/mol. The molecular weight excluding hydrogens is 409 g/mol. The van der Waals surface area contributed by atoms with Gasteiger partial charge in [0.05, 0.1) is 11.4 Å². The first-order valence-electron chi connectivity index (χ1n) is 8.11. The fourth-order valence-corrected chi connectivity index (χ4v) is 3.44. The van der Waals surface area contributed by atoms with E-state index in [9.17, 15) is 4.39 Å². The highest BCUT2D eigenvalue weighted by Crippen LogP contribution is 2.24. The van der Waals surface area contributed by atoms with Gasteiger partial charge in [-0.2, -0.15) is 0 Å². The molecule has 0 radical (unpaired) electrons. The number of allylic oxidation sites excluding steroid dienone is 1. The van der Waals surface area contributed by atoms with Gasteiger partial charge in [-0.25, -0.2) is 9.38 Å². The highest BCUT2D eigenvalue weighted by Gasteiger charge is 2.05. The summed E-state index contributed by atoms with van der Waals surface area (Å²) < 4.78 is 14.0. The van der Waals surface area contributed by atoms with Crippen molar-refractivity contribution in [1.82, 2.24) is 0 Å². The van der Waals surface area contributed by atoms with Crippen molar-refractivity contribution in [3.63, 3.8) is 0 Å². The standard InChI is InChI=1S/C22H17BrFNS/c1-16-6-10-18(11-7-16)25-22(20-4-2-3-5-21(20)23)14-15-26-19-12-8-17(24)9-13-19/h2-15H,1H3/b15-14+,25-22-. The van der Waals surface area contributed by atoms with Crippen molar-refractivity contribution in [3.8, 4) is 0 Å². The van der Waals surface area contributed by atoms with E-state index in [0.717, 1.165) is 26.3 Å². The second-order valence-electron chi connectivity index (χ2n) is 5.69. The van der Waals surface area contributed by atoms with Crippen molar-refractivity contribution in [1.29, 1.82) is 0 Å². The van der Waals surface area contributed by atoms with Crippen molar-refractivity contribution in [2.24, 2.45) is 4.99 Å². The summed E-state index contributed by atoms with van der Waals surface area (Å²) in [6, 6.07) is 22.6. The van der Waals surface area contributed by atoms with Crippen LogP contribution < -0.4 is 0 Å². The Labute approximate surface area is 165 Å². The summed E-state index contributed by atoms with van der Waals surface area (Å²) in [7, 11) is 0. The molecule has 0 aliphatic rings. The van der Waals surface area contributed by atoms with Crippen LogP contribution in [0.15, 0.2) is 98.6 Å². The fraction of sp³-hybridized carbons (Fsp3) is 0.0455. The number of thioether (sulfide) groups is 1. The topological polar surface area (TPSA) is 12.4 Å². The Balaban J connectivity index is 1.90. The van der Waals surface area contributed by atoms with E-state index in [1.807, 2.05) is 60.0 Å². The van der Waals surface area contributed by atoms with E-state index in [0.29, 0.717) is 0 Å². The summed E-state index contributed by atoms with van der Waals surface area (Å²) in [6.07, 6.45) is 1.98. The largest absolute Gasteiger partial charge is 0.248 e. The average Bonchev–Trinajstić information content (AvgIpc) is 2.65.